The van der Waals surface area contributed by atoms with Gasteiger partial charge in [0.2, 0.25) is 6.10 Å². The number of oxime groups is 1. The molecule has 1 heterocycles. The van der Waals surface area contributed by atoms with Crippen LogP contribution in [0, 0.1) is 0 Å². The van der Waals surface area contributed by atoms with Gasteiger partial charge in [-0.2, -0.15) is 0 Å². The molecule has 0 aromatic heterocycles. The van der Waals surface area contributed by atoms with E-state index in [4.69, 9.17) is 9.57 Å². The maximum absolute atomic E-state index is 11.9. The highest BCUT2D eigenvalue weighted by Gasteiger charge is 2.33. The number of carbonyl (C=O) groups excluding carboxylic acids is 1. The van der Waals surface area contributed by atoms with E-state index in [0.29, 0.717) is 24.5 Å². The molecule has 0 aliphatic carbocycles. The molecular formula is C20H29NO4. The van der Waals surface area contributed by atoms with Gasteiger partial charge in [0, 0.05) is 23.1 Å². The van der Waals surface area contributed by atoms with E-state index in [2.05, 4.69) is 46.7 Å². The normalized spacial score (nSPS) is 17.9. The van der Waals surface area contributed by atoms with Gasteiger partial charge in [0.25, 0.3) is 0 Å². The van der Waals surface area contributed by atoms with Crippen LogP contribution in [0.1, 0.15) is 71.6 Å². The fraction of sp³-hybridized carbons (Fsp3) is 0.600. The Kier molecular flexibility index (Phi) is 5.17. The summed E-state index contributed by atoms with van der Waals surface area (Å²) in [5.74, 6) is -0.0719. The smallest absolute Gasteiger partial charge is 0.350 e. The van der Waals surface area contributed by atoms with Crippen molar-refractivity contribution in [1.29, 1.82) is 0 Å². The van der Waals surface area contributed by atoms with Gasteiger partial charge in [-0.05, 0) is 29.9 Å². The molecule has 0 unspecified atom stereocenters. The number of carbonyl (C=O) groups is 1. The summed E-state index contributed by atoms with van der Waals surface area (Å²) in [5.41, 5.74) is 2.85. The Morgan fingerprint density at radius 3 is 2.16 bits per heavy atom. The second-order valence-electron chi connectivity index (χ2n) is 8.51. The minimum atomic E-state index is -0.695. The summed E-state index contributed by atoms with van der Waals surface area (Å²) >= 11 is 0. The van der Waals surface area contributed by atoms with Gasteiger partial charge >= 0.3 is 5.97 Å². The third kappa shape index (κ3) is 4.14. The molecule has 0 fully saturated rings. The summed E-state index contributed by atoms with van der Waals surface area (Å²) in [7, 11) is 0. The van der Waals surface area contributed by atoms with Gasteiger partial charge in [0.15, 0.2) is 0 Å². The predicted molar refractivity (Wildman–Crippen MR) is 98.2 cm³/mol. The van der Waals surface area contributed by atoms with Crippen LogP contribution in [-0.4, -0.2) is 29.5 Å². The monoisotopic (exact) mass is 347 g/mol. The standard InChI is InChI=1S/C20H29NO4/c1-8-24-18(23)16-11-15(21-25-16)12-9-13(19(2,3)4)17(22)14(10-12)20(5,6)7/h9-10,16,22H,8,11H2,1-7H3/t16-/m0/s1. The lowest BCUT2D eigenvalue weighted by Crippen LogP contribution is -2.24. The van der Waals surface area contributed by atoms with Crippen molar-refractivity contribution in [1.82, 2.24) is 0 Å². The number of benzene rings is 1. The number of aromatic hydroxyl groups is 1. The quantitative estimate of drug-likeness (QED) is 0.838. The number of nitrogens with zero attached hydrogens (tertiary/aromatic N) is 1. The van der Waals surface area contributed by atoms with E-state index in [0.717, 1.165) is 16.7 Å². The zero-order chi connectivity index (χ0) is 19.0. The summed E-state index contributed by atoms with van der Waals surface area (Å²) in [5, 5.41) is 14.9. The number of phenols is 1. The molecule has 0 saturated carbocycles. The van der Waals surface area contributed by atoms with Gasteiger partial charge in [0.1, 0.15) is 5.75 Å². The van der Waals surface area contributed by atoms with Crippen LogP contribution >= 0.6 is 0 Å². The van der Waals surface area contributed by atoms with Gasteiger partial charge in [0.05, 0.1) is 12.3 Å². The highest BCUT2D eigenvalue weighted by Crippen LogP contribution is 2.40. The van der Waals surface area contributed by atoms with Crippen LogP contribution in [0.4, 0.5) is 0 Å². The Morgan fingerprint density at radius 2 is 1.72 bits per heavy atom. The molecule has 0 amide bonds. The van der Waals surface area contributed by atoms with Crippen molar-refractivity contribution < 1.29 is 19.5 Å². The van der Waals surface area contributed by atoms with Gasteiger partial charge < -0.3 is 14.7 Å². The highest BCUT2D eigenvalue weighted by molar-refractivity contribution is 6.04. The first-order valence-electron chi connectivity index (χ1n) is 8.72. The van der Waals surface area contributed by atoms with E-state index in [-0.39, 0.29) is 10.8 Å². The third-order valence-electron chi connectivity index (χ3n) is 4.28. The van der Waals surface area contributed by atoms with Gasteiger partial charge in [-0.15, -0.1) is 0 Å². The largest absolute Gasteiger partial charge is 0.507 e. The summed E-state index contributed by atoms with van der Waals surface area (Å²) in [4.78, 5) is 17.1. The average Bonchev–Trinajstić information content (AvgIpc) is 2.95. The summed E-state index contributed by atoms with van der Waals surface area (Å²) < 4.78 is 5.01. The van der Waals surface area contributed by atoms with Crippen molar-refractivity contribution in [2.45, 2.75) is 71.8 Å². The summed E-state index contributed by atoms with van der Waals surface area (Å²) in [6, 6.07) is 3.89. The van der Waals surface area contributed by atoms with Crippen LogP contribution in [-0.2, 0) is 25.2 Å². The Labute approximate surface area is 150 Å². The number of phenolic OH excluding ortho intramolecular Hbond substituents is 1. The lowest BCUT2D eigenvalue weighted by molar-refractivity contribution is -0.154. The molecule has 1 aromatic carbocycles. The van der Waals surface area contributed by atoms with Crippen molar-refractivity contribution in [3.63, 3.8) is 0 Å². The molecule has 1 aromatic rings. The molecule has 5 heteroatoms. The highest BCUT2D eigenvalue weighted by atomic mass is 16.7. The van der Waals surface area contributed by atoms with Crippen molar-refractivity contribution in [3.8, 4) is 5.75 Å². The van der Waals surface area contributed by atoms with Crippen molar-refractivity contribution in [3.05, 3.63) is 28.8 Å². The van der Waals surface area contributed by atoms with Crippen LogP contribution in [0.5, 0.6) is 5.75 Å². The molecule has 0 radical (unpaired) electrons. The first kappa shape index (κ1) is 19.3. The fourth-order valence-corrected chi connectivity index (χ4v) is 2.85. The predicted octanol–water partition coefficient (Wildman–Crippen LogP) is 4.04. The van der Waals surface area contributed by atoms with Crippen LogP contribution in [0.2, 0.25) is 0 Å². The number of ether oxygens (including phenoxy) is 1. The summed E-state index contributed by atoms with van der Waals surface area (Å²) in [6.45, 7) is 14.5. The Balaban J connectivity index is 2.44. The second kappa shape index (κ2) is 6.70. The Bertz CT molecular complexity index is 658. The van der Waals surface area contributed by atoms with E-state index in [1.165, 1.54) is 0 Å². The summed E-state index contributed by atoms with van der Waals surface area (Å²) in [6.07, 6.45) is -0.323. The molecule has 2 rings (SSSR count). The maximum atomic E-state index is 11.9. The lowest BCUT2D eigenvalue weighted by Gasteiger charge is -2.28. The minimum absolute atomic E-state index is 0.222. The third-order valence-corrected chi connectivity index (χ3v) is 4.28. The van der Waals surface area contributed by atoms with Gasteiger partial charge in [-0.25, -0.2) is 4.79 Å². The number of esters is 1. The van der Waals surface area contributed by atoms with Crippen LogP contribution in [0.15, 0.2) is 17.3 Å². The Hall–Kier alpha value is -2.04. The van der Waals surface area contributed by atoms with E-state index < -0.39 is 12.1 Å². The van der Waals surface area contributed by atoms with Crippen LogP contribution in [0.25, 0.3) is 0 Å². The van der Waals surface area contributed by atoms with E-state index in [1.807, 2.05) is 12.1 Å². The zero-order valence-corrected chi connectivity index (χ0v) is 16.3. The number of rotatable bonds is 3. The number of hydrogen-bond acceptors (Lipinski definition) is 5. The van der Waals surface area contributed by atoms with Crippen molar-refractivity contribution in [2.24, 2.45) is 5.16 Å². The second-order valence-corrected chi connectivity index (χ2v) is 8.51. The minimum Gasteiger partial charge on any atom is -0.507 e. The Morgan fingerprint density at radius 1 is 1.20 bits per heavy atom. The molecular weight excluding hydrogens is 318 g/mol. The van der Waals surface area contributed by atoms with E-state index in [1.54, 1.807) is 6.92 Å². The van der Waals surface area contributed by atoms with Crippen LogP contribution < -0.4 is 0 Å². The zero-order valence-electron chi connectivity index (χ0n) is 16.3. The maximum Gasteiger partial charge on any atom is 0.350 e. The molecule has 1 N–H and O–H groups in total. The molecule has 0 bridgehead atoms. The first-order valence-corrected chi connectivity index (χ1v) is 8.72. The number of hydrogen-bond donors (Lipinski definition) is 1. The molecule has 1 aliphatic heterocycles. The van der Waals surface area contributed by atoms with Gasteiger partial charge in [-0.1, -0.05) is 46.7 Å². The average molecular weight is 347 g/mol. The van der Waals surface area contributed by atoms with Crippen molar-refractivity contribution >= 4 is 11.7 Å². The van der Waals surface area contributed by atoms with Gasteiger partial charge in [-0.3, -0.25) is 0 Å². The SMILES string of the molecule is CCOC(=O)[C@@H]1CC(c2cc(C(C)(C)C)c(O)c(C(C)(C)C)c2)=NO1. The van der Waals surface area contributed by atoms with Crippen molar-refractivity contribution in [2.75, 3.05) is 6.61 Å². The fourth-order valence-electron chi connectivity index (χ4n) is 2.85. The molecule has 25 heavy (non-hydrogen) atoms. The first-order chi connectivity index (χ1) is 11.4. The lowest BCUT2D eigenvalue weighted by atomic mass is 9.78. The molecule has 138 valence electrons. The molecule has 0 spiro atoms. The molecule has 1 atom stereocenters. The topological polar surface area (TPSA) is 68.1 Å². The van der Waals surface area contributed by atoms with E-state index in [9.17, 15) is 9.90 Å². The van der Waals surface area contributed by atoms with Crippen LogP contribution in [0.3, 0.4) is 0 Å². The molecule has 1 aliphatic rings. The molecule has 0 saturated heterocycles. The van der Waals surface area contributed by atoms with E-state index >= 15 is 0 Å². The molecule has 5 nitrogen and oxygen atoms in total.